The molecule has 1 amide bonds. The molecular formula is C17H12Br2N2O2S. The molecular weight excluding hydrogens is 456 g/mol. The predicted octanol–water partition coefficient (Wildman–Crippen LogP) is 5.60. The number of hydrogen-bond donors (Lipinski definition) is 1. The van der Waals surface area contributed by atoms with Crippen molar-refractivity contribution in [3.05, 3.63) is 62.4 Å². The van der Waals surface area contributed by atoms with E-state index in [1.165, 1.54) is 11.3 Å². The number of rotatable bonds is 4. The van der Waals surface area contributed by atoms with Crippen molar-refractivity contribution in [1.29, 1.82) is 0 Å². The minimum absolute atomic E-state index is 0.213. The number of thiazole rings is 1. The first-order valence-electron chi connectivity index (χ1n) is 6.93. The molecule has 2 aromatic carbocycles. The third-order valence-electron chi connectivity index (χ3n) is 3.28. The summed E-state index contributed by atoms with van der Waals surface area (Å²) in [7, 11) is 1.58. The number of halogens is 2. The number of aromatic nitrogens is 1. The van der Waals surface area contributed by atoms with Gasteiger partial charge < -0.3 is 4.74 Å². The maximum atomic E-state index is 12.3. The Balaban J connectivity index is 1.75. The summed E-state index contributed by atoms with van der Waals surface area (Å²) in [6.45, 7) is 0. The zero-order valence-electron chi connectivity index (χ0n) is 12.5. The highest BCUT2D eigenvalue weighted by Crippen LogP contribution is 2.28. The highest BCUT2D eigenvalue weighted by atomic mass is 79.9. The molecule has 0 saturated heterocycles. The molecule has 0 spiro atoms. The van der Waals surface area contributed by atoms with E-state index < -0.39 is 0 Å². The van der Waals surface area contributed by atoms with E-state index in [4.69, 9.17) is 4.74 Å². The van der Waals surface area contributed by atoms with Crippen molar-refractivity contribution in [2.24, 2.45) is 0 Å². The third-order valence-corrected chi connectivity index (χ3v) is 5.18. The zero-order chi connectivity index (χ0) is 17.1. The number of carbonyl (C=O) groups excluding carboxylic acids is 1. The van der Waals surface area contributed by atoms with Crippen LogP contribution in [0.25, 0.3) is 11.3 Å². The Morgan fingerprint density at radius 3 is 2.58 bits per heavy atom. The van der Waals surface area contributed by atoms with Crippen molar-refractivity contribution in [3.63, 3.8) is 0 Å². The number of ether oxygens (including phenoxy) is 1. The van der Waals surface area contributed by atoms with E-state index in [9.17, 15) is 4.79 Å². The molecule has 0 saturated carbocycles. The average Bonchev–Trinajstić information content (AvgIpc) is 3.04. The first-order valence-corrected chi connectivity index (χ1v) is 9.40. The van der Waals surface area contributed by atoms with Crippen LogP contribution >= 0.6 is 43.2 Å². The Kier molecular flexibility index (Phi) is 5.33. The van der Waals surface area contributed by atoms with Gasteiger partial charge >= 0.3 is 0 Å². The Bertz CT molecular complexity index is 879. The summed E-state index contributed by atoms with van der Waals surface area (Å²) in [6, 6.07) is 13.0. The summed E-state index contributed by atoms with van der Waals surface area (Å²) in [6.07, 6.45) is 0. The van der Waals surface area contributed by atoms with Gasteiger partial charge in [0.05, 0.1) is 17.3 Å². The standard InChI is InChI=1S/C17H12Br2N2O2S/c1-23-15-7-4-11(8-13(15)19)16(22)21-17-20-14(9-24-17)10-2-5-12(18)6-3-10/h2-9H,1H3,(H,20,21,22). The number of hydrogen-bond acceptors (Lipinski definition) is 4. The molecule has 3 rings (SSSR count). The van der Waals surface area contributed by atoms with Crippen molar-refractivity contribution in [1.82, 2.24) is 4.98 Å². The van der Waals surface area contributed by atoms with Crippen LogP contribution in [0.5, 0.6) is 5.75 Å². The minimum atomic E-state index is -0.213. The Morgan fingerprint density at radius 1 is 1.17 bits per heavy atom. The van der Waals surface area contributed by atoms with Crippen molar-refractivity contribution in [2.75, 3.05) is 12.4 Å². The van der Waals surface area contributed by atoms with E-state index >= 15 is 0 Å². The summed E-state index contributed by atoms with van der Waals surface area (Å²) in [5.41, 5.74) is 2.36. The lowest BCUT2D eigenvalue weighted by molar-refractivity contribution is 0.102. The fourth-order valence-electron chi connectivity index (χ4n) is 2.06. The Morgan fingerprint density at radius 2 is 1.92 bits per heavy atom. The minimum Gasteiger partial charge on any atom is -0.496 e. The van der Waals surface area contributed by atoms with Crippen LogP contribution in [0.1, 0.15) is 10.4 Å². The molecule has 3 aromatic rings. The number of nitrogens with zero attached hydrogens (tertiary/aromatic N) is 1. The van der Waals surface area contributed by atoms with Gasteiger partial charge in [-0.3, -0.25) is 10.1 Å². The summed E-state index contributed by atoms with van der Waals surface area (Å²) in [4.78, 5) is 16.8. The fourth-order valence-corrected chi connectivity index (χ4v) is 3.58. The molecule has 0 radical (unpaired) electrons. The van der Waals surface area contributed by atoms with Crippen LogP contribution in [-0.2, 0) is 0 Å². The number of nitrogens with one attached hydrogen (secondary N) is 1. The first kappa shape index (κ1) is 17.1. The molecule has 0 bridgehead atoms. The Hall–Kier alpha value is -1.70. The molecule has 7 heteroatoms. The molecule has 0 aliphatic heterocycles. The SMILES string of the molecule is COc1ccc(C(=O)Nc2nc(-c3ccc(Br)cc3)cs2)cc1Br. The van der Waals surface area contributed by atoms with Crippen LogP contribution in [0.15, 0.2) is 56.8 Å². The van der Waals surface area contributed by atoms with Gasteiger partial charge in [0.2, 0.25) is 0 Å². The first-order chi connectivity index (χ1) is 11.6. The van der Waals surface area contributed by atoms with Crippen LogP contribution in [-0.4, -0.2) is 18.0 Å². The molecule has 4 nitrogen and oxygen atoms in total. The summed E-state index contributed by atoms with van der Waals surface area (Å²) in [5.74, 6) is 0.466. The van der Waals surface area contributed by atoms with Gasteiger partial charge in [-0.2, -0.15) is 0 Å². The predicted molar refractivity (Wildman–Crippen MR) is 104 cm³/mol. The monoisotopic (exact) mass is 466 g/mol. The maximum absolute atomic E-state index is 12.3. The van der Waals surface area contributed by atoms with Gasteiger partial charge in [0.25, 0.3) is 5.91 Å². The van der Waals surface area contributed by atoms with E-state index in [1.54, 1.807) is 25.3 Å². The van der Waals surface area contributed by atoms with Crippen LogP contribution < -0.4 is 10.1 Å². The second kappa shape index (κ2) is 7.46. The number of carbonyl (C=O) groups is 1. The van der Waals surface area contributed by atoms with Crippen LogP contribution in [0.2, 0.25) is 0 Å². The second-order valence-electron chi connectivity index (χ2n) is 4.85. The van der Waals surface area contributed by atoms with Gasteiger partial charge in [0, 0.05) is 21.0 Å². The smallest absolute Gasteiger partial charge is 0.257 e. The highest BCUT2D eigenvalue weighted by molar-refractivity contribution is 9.10. The molecule has 122 valence electrons. The topological polar surface area (TPSA) is 51.2 Å². The number of methoxy groups -OCH3 is 1. The molecule has 0 aliphatic rings. The van der Waals surface area contributed by atoms with Gasteiger partial charge in [-0.05, 0) is 46.3 Å². The van der Waals surface area contributed by atoms with E-state index in [0.29, 0.717) is 16.4 Å². The molecule has 0 atom stereocenters. The van der Waals surface area contributed by atoms with Gasteiger partial charge in [-0.25, -0.2) is 4.98 Å². The summed E-state index contributed by atoms with van der Waals surface area (Å²) in [5, 5.41) is 5.30. The van der Waals surface area contributed by atoms with Crippen LogP contribution in [0.4, 0.5) is 5.13 Å². The number of anilines is 1. The van der Waals surface area contributed by atoms with Crippen molar-refractivity contribution >= 4 is 54.2 Å². The molecule has 1 heterocycles. The van der Waals surface area contributed by atoms with Crippen LogP contribution in [0, 0.1) is 0 Å². The lowest BCUT2D eigenvalue weighted by atomic mass is 10.2. The second-order valence-corrected chi connectivity index (χ2v) is 7.48. The number of amides is 1. The largest absolute Gasteiger partial charge is 0.496 e. The lowest BCUT2D eigenvalue weighted by Crippen LogP contribution is -2.11. The van der Waals surface area contributed by atoms with E-state index in [0.717, 1.165) is 20.2 Å². The van der Waals surface area contributed by atoms with E-state index in [1.807, 2.05) is 29.6 Å². The normalized spacial score (nSPS) is 10.5. The zero-order valence-corrected chi connectivity index (χ0v) is 16.5. The fraction of sp³-hybridized carbons (Fsp3) is 0.0588. The van der Waals surface area contributed by atoms with Crippen molar-refractivity contribution in [3.8, 4) is 17.0 Å². The molecule has 24 heavy (non-hydrogen) atoms. The Labute approximate surface area is 160 Å². The van der Waals surface area contributed by atoms with Gasteiger partial charge in [0.15, 0.2) is 5.13 Å². The molecule has 1 N–H and O–H groups in total. The summed E-state index contributed by atoms with van der Waals surface area (Å²) >= 11 is 8.18. The van der Waals surface area contributed by atoms with E-state index in [-0.39, 0.29) is 5.91 Å². The van der Waals surface area contributed by atoms with E-state index in [2.05, 4.69) is 42.2 Å². The average molecular weight is 468 g/mol. The molecule has 0 fully saturated rings. The van der Waals surface area contributed by atoms with Crippen molar-refractivity contribution in [2.45, 2.75) is 0 Å². The highest BCUT2D eigenvalue weighted by Gasteiger charge is 2.12. The van der Waals surface area contributed by atoms with Gasteiger partial charge in [0.1, 0.15) is 5.75 Å². The van der Waals surface area contributed by atoms with Gasteiger partial charge in [-0.1, -0.05) is 28.1 Å². The molecule has 1 aromatic heterocycles. The summed E-state index contributed by atoms with van der Waals surface area (Å²) < 4.78 is 6.91. The molecule has 0 aliphatic carbocycles. The lowest BCUT2D eigenvalue weighted by Gasteiger charge is -2.06. The molecule has 0 unspecified atom stereocenters. The third kappa shape index (κ3) is 3.85. The van der Waals surface area contributed by atoms with Gasteiger partial charge in [-0.15, -0.1) is 11.3 Å². The number of benzene rings is 2. The quantitative estimate of drug-likeness (QED) is 0.543. The maximum Gasteiger partial charge on any atom is 0.257 e. The van der Waals surface area contributed by atoms with Crippen LogP contribution in [0.3, 0.4) is 0 Å². The van der Waals surface area contributed by atoms with Crippen molar-refractivity contribution < 1.29 is 9.53 Å².